The van der Waals surface area contributed by atoms with E-state index in [1.54, 1.807) is 42.0 Å². The van der Waals surface area contributed by atoms with Crippen molar-refractivity contribution in [2.24, 2.45) is 0 Å². The summed E-state index contributed by atoms with van der Waals surface area (Å²) in [7, 11) is 1.79. The Morgan fingerprint density at radius 3 is 2.63 bits per heavy atom. The number of fused-ring (bicyclic) bond motifs is 1. The number of benzene rings is 1. The summed E-state index contributed by atoms with van der Waals surface area (Å²) in [5.41, 5.74) is 4.05. The first-order chi connectivity index (χ1) is 14.6. The highest BCUT2D eigenvalue weighted by atomic mass is 16.2. The smallest absolute Gasteiger partial charge is 0.253 e. The minimum atomic E-state index is 0.0416. The molecule has 0 saturated carbocycles. The summed E-state index contributed by atoms with van der Waals surface area (Å²) in [5.74, 6) is 0.0416. The number of imidazole rings is 1. The molecule has 7 heteroatoms. The van der Waals surface area contributed by atoms with Gasteiger partial charge < -0.3 is 10.2 Å². The molecule has 0 spiro atoms. The number of rotatable bonds is 4. The van der Waals surface area contributed by atoms with Crippen molar-refractivity contribution in [3.05, 3.63) is 65.1 Å². The molecular weight excluding hydrogens is 376 g/mol. The Balaban J connectivity index is 1.67. The molecule has 30 heavy (non-hydrogen) atoms. The lowest BCUT2D eigenvalue weighted by Gasteiger charge is -2.21. The van der Waals surface area contributed by atoms with Crippen molar-refractivity contribution in [1.29, 1.82) is 10.7 Å². The predicted molar refractivity (Wildman–Crippen MR) is 116 cm³/mol. The van der Waals surface area contributed by atoms with Crippen molar-refractivity contribution in [1.82, 2.24) is 14.3 Å². The van der Waals surface area contributed by atoms with Crippen molar-refractivity contribution in [3.8, 4) is 6.07 Å². The zero-order valence-corrected chi connectivity index (χ0v) is 17.0. The Bertz CT molecular complexity index is 1150. The summed E-state index contributed by atoms with van der Waals surface area (Å²) in [6.45, 7) is 1.60. The first-order valence-electron chi connectivity index (χ1n) is 10.2. The summed E-state index contributed by atoms with van der Waals surface area (Å²) in [5, 5.41) is 21.1. The molecule has 1 saturated heterocycles. The van der Waals surface area contributed by atoms with Crippen molar-refractivity contribution >= 4 is 23.0 Å². The number of nitrogens with one attached hydrogen (secondary N) is 2. The van der Waals surface area contributed by atoms with Crippen LogP contribution in [0.25, 0.3) is 5.65 Å². The maximum atomic E-state index is 13.0. The van der Waals surface area contributed by atoms with Gasteiger partial charge >= 0.3 is 0 Å². The van der Waals surface area contributed by atoms with Crippen LogP contribution in [0.3, 0.4) is 0 Å². The third-order valence-corrected chi connectivity index (χ3v) is 5.59. The van der Waals surface area contributed by atoms with Crippen molar-refractivity contribution < 1.29 is 4.79 Å². The van der Waals surface area contributed by atoms with E-state index in [4.69, 9.17) is 5.41 Å². The molecular formula is C23H24N6O. The van der Waals surface area contributed by atoms with E-state index in [1.807, 2.05) is 17.0 Å². The number of aromatic nitrogens is 2. The molecule has 2 aromatic heterocycles. The molecule has 4 rings (SSSR count). The lowest BCUT2D eigenvalue weighted by molar-refractivity contribution is 0.0761. The van der Waals surface area contributed by atoms with Crippen LogP contribution >= 0.6 is 0 Å². The van der Waals surface area contributed by atoms with Crippen molar-refractivity contribution in [2.75, 3.05) is 25.5 Å². The van der Waals surface area contributed by atoms with E-state index < -0.39 is 0 Å². The molecule has 1 amide bonds. The molecule has 2 N–H and O–H groups in total. The molecule has 0 radical (unpaired) electrons. The van der Waals surface area contributed by atoms with Crippen molar-refractivity contribution in [3.63, 3.8) is 0 Å². The third-order valence-electron chi connectivity index (χ3n) is 5.59. The first-order valence-corrected chi connectivity index (χ1v) is 10.2. The molecule has 152 valence electrons. The van der Waals surface area contributed by atoms with Crippen LogP contribution in [0.5, 0.6) is 0 Å². The summed E-state index contributed by atoms with van der Waals surface area (Å²) < 4.78 is 1.75. The van der Waals surface area contributed by atoms with Gasteiger partial charge in [0, 0.05) is 43.1 Å². The number of hydrogen-bond donors (Lipinski definition) is 2. The van der Waals surface area contributed by atoms with E-state index in [2.05, 4.69) is 16.4 Å². The number of nitrogens with zero attached hydrogens (tertiary/aromatic N) is 4. The largest absolute Gasteiger partial charge is 0.388 e. The lowest BCUT2D eigenvalue weighted by Crippen LogP contribution is -2.31. The van der Waals surface area contributed by atoms with E-state index in [9.17, 15) is 10.1 Å². The number of carbonyl (C=O) groups excluding carboxylic acids is 1. The highest BCUT2D eigenvalue weighted by molar-refractivity contribution is 6.14. The zero-order valence-electron chi connectivity index (χ0n) is 17.0. The lowest BCUT2D eigenvalue weighted by atomic mass is 10.0. The summed E-state index contributed by atoms with van der Waals surface area (Å²) >= 11 is 0. The topological polar surface area (TPSA) is 97.3 Å². The molecule has 3 aromatic rings. The third kappa shape index (κ3) is 3.64. The highest BCUT2D eigenvalue weighted by Crippen LogP contribution is 2.23. The van der Waals surface area contributed by atoms with Gasteiger partial charge in [-0.05, 0) is 43.2 Å². The molecule has 1 aromatic carbocycles. The average Bonchev–Trinajstić information content (AvgIpc) is 3.01. The van der Waals surface area contributed by atoms with E-state index in [0.717, 1.165) is 25.9 Å². The molecule has 7 nitrogen and oxygen atoms in total. The van der Waals surface area contributed by atoms with Gasteiger partial charge in [-0.15, -0.1) is 0 Å². The summed E-state index contributed by atoms with van der Waals surface area (Å²) in [6.07, 6.45) is 7.76. The maximum Gasteiger partial charge on any atom is 0.253 e. The SMILES string of the molecule is CNc1cc(C(=O)N2CCCCCC2)ccc1C(=N)c1cnc2ccc(C#N)cn12. The molecule has 1 aliphatic heterocycles. The van der Waals surface area contributed by atoms with Crippen molar-refractivity contribution in [2.45, 2.75) is 25.7 Å². The molecule has 0 bridgehead atoms. The van der Waals surface area contributed by atoms with Gasteiger partial charge in [-0.3, -0.25) is 14.6 Å². The zero-order chi connectivity index (χ0) is 21.1. The number of likely N-dealkylation sites (tertiary alicyclic amines) is 1. The number of nitriles is 1. The fourth-order valence-electron chi connectivity index (χ4n) is 3.93. The van der Waals surface area contributed by atoms with Gasteiger partial charge in [-0.1, -0.05) is 12.8 Å². The maximum absolute atomic E-state index is 13.0. The average molecular weight is 400 g/mol. The van der Waals surface area contributed by atoms with Gasteiger partial charge in [-0.25, -0.2) is 4.98 Å². The number of amides is 1. The Kier molecular flexibility index (Phi) is 5.48. The van der Waals surface area contributed by atoms with Crippen LogP contribution in [0.15, 0.2) is 42.7 Å². The monoisotopic (exact) mass is 400 g/mol. The minimum Gasteiger partial charge on any atom is -0.388 e. The number of pyridine rings is 1. The number of anilines is 1. The summed E-state index contributed by atoms with van der Waals surface area (Å²) in [4.78, 5) is 19.3. The molecule has 0 unspecified atom stereocenters. The van der Waals surface area contributed by atoms with E-state index in [1.165, 1.54) is 12.8 Å². The number of hydrogen-bond acceptors (Lipinski definition) is 5. The van der Waals surface area contributed by atoms with Gasteiger partial charge in [-0.2, -0.15) is 5.26 Å². The second-order valence-corrected chi connectivity index (χ2v) is 7.49. The fourth-order valence-corrected chi connectivity index (χ4v) is 3.93. The molecule has 1 fully saturated rings. The normalized spacial score (nSPS) is 14.2. The second-order valence-electron chi connectivity index (χ2n) is 7.49. The van der Waals surface area contributed by atoms with Gasteiger partial charge in [0.15, 0.2) is 0 Å². The van der Waals surface area contributed by atoms with Gasteiger partial charge in [0.25, 0.3) is 5.91 Å². The van der Waals surface area contributed by atoms with Crippen LogP contribution in [0.4, 0.5) is 5.69 Å². The van der Waals surface area contributed by atoms with Crippen LogP contribution in [-0.4, -0.2) is 46.0 Å². The van der Waals surface area contributed by atoms with Gasteiger partial charge in [0.1, 0.15) is 11.7 Å². The Morgan fingerprint density at radius 2 is 1.93 bits per heavy atom. The van der Waals surface area contributed by atoms with Crippen LogP contribution in [0.1, 0.15) is 52.9 Å². The molecule has 3 heterocycles. The first kappa shape index (κ1) is 19.6. The van der Waals surface area contributed by atoms with Gasteiger partial charge in [0.2, 0.25) is 0 Å². The van der Waals surface area contributed by atoms with E-state index in [-0.39, 0.29) is 11.6 Å². The second kappa shape index (κ2) is 8.37. The highest BCUT2D eigenvalue weighted by Gasteiger charge is 2.20. The minimum absolute atomic E-state index is 0.0416. The fraction of sp³-hybridized carbons (Fsp3) is 0.304. The Morgan fingerprint density at radius 1 is 1.17 bits per heavy atom. The predicted octanol–water partition coefficient (Wildman–Crippen LogP) is 3.68. The van der Waals surface area contributed by atoms with Crippen LogP contribution in [0, 0.1) is 16.7 Å². The van der Waals surface area contributed by atoms with Gasteiger partial charge in [0.05, 0.1) is 23.2 Å². The van der Waals surface area contributed by atoms with Crippen LogP contribution in [0.2, 0.25) is 0 Å². The Labute approximate surface area is 175 Å². The quantitative estimate of drug-likeness (QED) is 0.653. The molecule has 0 atom stereocenters. The van der Waals surface area contributed by atoms with E-state index in [0.29, 0.717) is 33.7 Å². The van der Waals surface area contributed by atoms with Crippen LogP contribution < -0.4 is 5.32 Å². The number of carbonyl (C=O) groups is 1. The van der Waals surface area contributed by atoms with E-state index >= 15 is 0 Å². The van der Waals surface area contributed by atoms with Crippen LogP contribution in [-0.2, 0) is 0 Å². The Hall–Kier alpha value is -3.66. The molecule has 1 aliphatic rings. The standard InChI is InChI=1S/C23H24N6O/c1-26-19-12-17(23(30)28-10-4-2-3-5-11-28)7-8-18(19)22(25)20-14-27-21-9-6-16(13-24)15-29(20)21/h6-9,12,14-15,25-26H,2-5,10-11H2,1H3. The summed E-state index contributed by atoms with van der Waals surface area (Å²) in [6, 6.07) is 11.0. The molecule has 0 aliphatic carbocycles.